The molecule has 94 valence electrons. The summed E-state index contributed by atoms with van der Waals surface area (Å²) in [5.74, 6) is 2.98. The molecule has 0 aromatic heterocycles. The van der Waals surface area contributed by atoms with Crippen LogP contribution in [0.5, 0.6) is 0 Å². The number of carbonyl (C=O) groups is 1. The molecule has 0 heterocycles. The van der Waals surface area contributed by atoms with Gasteiger partial charge < -0.3 is 0 Å². The van der Waals surface area contributed by atoms with Crippen molar-refractivity contribution in [2.45, 2.75) is 38.5 Å². The zero-order valence-electron chi connectivity index (χ0n) is 9.82. The second kappa shape index (κ2) is 3.30. The third kappa shape index (κ3) is 1.21. The van der Waals surface area contributed by atoms with Crippen LogP contribution in [0.15, 0.2) is 0 Å². The minimum absolute atomic E-state index is 0.291. The lowest BCUT2D eigenvalue weighted by molar-refractivity contribution is -0.136. The van der Waals surface area contributed by atoms with Crippen LogP contribution in [-0.4, -0.2) is 12.2 Å². The highest BCUT2D eigenvalue weighted by Crippen LogP contribution is 2.68. The molecule has 17 heavy (non-hydrogen) atoms. The van der Waals surface area contributed by atoms with Crippen molar-refractivity contribution in [1.29, 1.82) is 0 Å². The van der Waals surface area contributed by atoms with Crippen LogP contribution in [0.2, 0.25) is 0 Å². The van der Waals surface area contributed by atoms with E-state index >= 15 is 0 Å². The number of halogens is 2. The van der Waals surface area contributed by atoms with Crippen molar-refractivity contribution >= 4 is 5.78 Å². The smallest absolute Gasteiger partial charge is 0.293 e. The van der Waals surface area contributed by atoms with Gasteiger partial charge in [0.05, 0.1) is 0 Å². The van der Waals surface area contributed by atoms with E-state index in [1.54, 1.807) is 0 Å². The van der Waals surface area contributed by atoms with E-state index in [1.165, 1.54) is 19.3 Å². The van der Waals surface area contributed by atoms with E-state index in [-0.39, 0.29) is 5.92 Å². The molecule has 4 saturated carbocycles. The molecular weight excluding hydrogens is 222 g/mol. The van der Waals surface area contributed by atoms with Gasteiger partial charge in [-0.3, -0.25) is 4.79 Å². The third-order valence-corrected chi connectivity index (χ3v) is 6.31. The summed E-state index contributed by atoms with van der Waals surface area (Å²) in [5.41, 5.74) is 0. The molecule has 0 N–H and O–H groups in total. The molecule has 4 fully saturated rings. The number of hydrogen-bond acceptors (Lipinski definition) is 1. The highest BCUT2D eigenvalue weighted by Gasteiger charge is 2.63. The van der Waals surface area contributed by atoms with Crippen LogP contribution >= 0.6 is 0 Å². The average molecular weight is 240 g/mol. The summed E-state index contributed by atoms with van der Waals surface area (Å²) in [6, 6.07) is 0. The van der Waals surface area contributed by atoms with E-state index in [0.29, 0.717) is 17.8 Å². The Morgan fingerprint density at radius 2 is 1.65 bits per heavy atom. The SMILES string of the molecule is O=C(C(F)F)C1CC2CC1C1C3CCC(C3)C21. The maximum atomic E-state index is 12.6. The fourth-order valence-electron chi connectivity index (χ4n) is 6.05. The summed E-state index contributed by atoms with van der Waals surface area (Å²) in [7, 11) is 0. The van der Waals surface area contributed by atoms with E-state index in [0.717, 1.165) is 30.6 Å². The lowest BCUT2D eigenvalue weighted by Gasteiger charge is -2.38. The topological polar surface area (TPSA) is 17.1 Å². The van der Waals surface area contributed by atoms with Crippen LogP contribution in [0.3, 0.4) is 0 Å². The molecule has 0 aromatic carbocycles. The number of carbonyl (C=O) groups excluding carboxylic acids is 1. The minimum atomic E-state index is -2.74. The van der Waals surface area contributed by atoms with Crippen LogP contribution < -0.4 is 0 Å². The highest BCUT2D eigenvalue weighted by molar-refractivity contribution is 5.84. The van der Waals surface area contributed by atoms with Crippen molar-refractivity contribution in [3.05, 3.63) is 0 Å². The van der Waals surface area contributed by atoms with Gasteiger partial charge in [0.2, 0.25) is 5.78 Å². The Kier molecular flexibility index (Phi) is 2.03. The Morgan fingerprint density at radius 1 is 0.941 bits per heavy atom. The second-order valence-corrected chi connectivity index (χ2v) is 6.69. The number of Topliss-reactive ketones (excluding diaryl/α,β-unsaturated/α-hetero) is 1. The normalized spacial score (nSPS) is 54.6. The highest BCUT2D eigenvalue weighted by atomic mass is 19.3. The van der Waals surface area contributed by atoms with Gasteiger partial charge in [0, 0.05) is 5.92 Å². The standard InChI is InChI=1S/C14H18F2O/c15-14(16)13(17)10-5-8-4-9(10)12-7-2-1-6(3-7)11(8)12/h6-12,14H,1-5H2. The summed E-state index contributed by atoms with van der Waals surface area (Å²) in [4.78, 5) is 11.6. The predicted molar refractivity (Wildman–Crippen MR) is 58.5 cm³/mol. The molecule has 4 bridgehead atoms. The molecule has 0 amide bonds. The first-order valence-electron chi connectivity index (χ1n) is 6.98. The Morgan fingerprint density at radius 3 is 2.35 bits per heavy atom. The molecule has 1 nitrogen and oxygen atoms in total. The molecule has 0 radical (unpaired) electrons. The molecule has 4 rings (SSSR count). The van der Waals surface area contributed by atoms with Gasteiger partial charge >= 0.3 is 0 Å². The van der Waals surface area contributed by atoms with Crippen LogP contribution in [-0.2, 0) is 4.79 Å². The minimum Gasteiger partial charge on any atom is -0.293 e. The summed E-state index contributed by atoms with van der Waals surface area (Å²) < 4.78 is 25.2. The van der Waals surface area contributed by atoms with Gasteiger partial charge in [-0.1, -0.05) is 0 Å². The zero-order valence-corrected chi connectivity index (χ0v) is 9.82. The number of fused-ring (bicyclic) bond motifs is 9. The number of rotatable bonds is 2. The van der Waals surface area contributed by atoms with Crippen LogP contribution in [0, 0.1) is 41.4 Å². The van der Waals surface area contributed by atoms with Gasteiger partial charge in [0.25, 0.3) is 6.43 Å². The van der Waals surface area contributed by atoms with Gasteiger partial charge in [-0.2, -0.15) is 0 Å². The van der Waals surface area contributed by atoms with E-state index in [4.69, 9.17) is 0 Å². The average Bonchev–Trinajstić information content (AvgIpc) is 3.04. The zero-order chi connectivity index (χ0) is 11.7. The molecule has 0 aliphatic heterocycles. The summed E-state index contributed by atoms with van der Waals surface area (Å²) in [6.07, 6.45) is 3.10. The van der Waals surface area contributed by atoms with E-state index in [1.807, 2.05) is 0 Å². The summed E-state index contributed by atoms with van der Waals surface area (Å²) >= 11 is 0. The molecule has 0 aromatic rings. The third-order valence-electron chi connectivity index (χ3n) is 6.31. The first kappa shape index (κ1) is 10.5. The monoisotopic (exact) mass is 240 g/mol. The maximum absolute atomic E-state index is 12.6. The van der Waals surface area contributed by atoms with Crippen molar-refractivity contribution < 1.29 is 13.6 Å². The fourth-order valence-corrected chi connectivity index (χ4v) is 6.05. The molecule has 4 aliphatic rings. The lowest BCUT2D eigenvalue weighted by atomic mass is 9.66. The van der Waals surface area contributed by atoms with Gasteiger partial charge in [0.1, 0.15) is 0 Å². The largest absolute Gasteiger partial charge is 0.296 e. The summed E-state index contributed by atoms with van der Waals surface area (Å²) in [6.45, 7) is 0. The predicted octanol–water partition coefficient (Wildman–Crippen LogP) is 3.14. The molecule has 7 atom stereocenters. The quantitative estimate of drug-likeness (QED) is 0.678. The van der Waals surface area contributed by atoms with Crippen molar-refractivity contribution in [2.24, 2.45) is 41.4 Å². The molecule has 7 unspecified atom stereocenters. The molecule has 3 heteroatoms. The molecule has 0 spiro atoms. The van der Waals surface area contributed by atoms with Crippen LogP contribution in [0.4, 0.5) is 8.78 Å². The molecule has 4 aliphatic carbocycles. The Bertz CT molecular complexity index is 367. The molecule has 0 saturated heterocycles. The first-order chi connectivity index (χ1) is 8.16. The lowest BCUT2D eigenvalue weighted by Crippen LogP contribution is -2.37. The summed E-state index contributed by atoms with van der Waals surface area (Å²) in [5, 5.41) is 0. The fraction of sp³-hybridized carbons (Fsp3) is 0.929. The van der Waals surface area contributed by atoms with E-state index in [9.17, 15) is 13.6 Å². The maximum Gasteiger partial charge on any atom is 0.296 e. The van der Waals surface area contributed by atoms with Crippen LogP contribution in [0.25, 0.3) is 0 Å². The first-order valence-corrected chi connectivity index (χ1v) is 6.98. The van der Waals surface area contributed by atoms with Crippen molar-refractivity contribution in [2.75, 3.05) is 0 Å². The van der Waals surface area contributed by atoms with Crippen molar-refractivity contribution in [3.63, 3.8) is 0 Å². The van der Waals surface area contributed by atoms with E-state index in [2.05, 4.69) is 0 Å². The Hall–Kier alpha value is -0.470. The number of ketones is 1. The van der Waals surface area contributed by atoms with E-state index < -0.39 is 12.2 Å². The van der Waals surface area contributed by atoms with Gasteiger partial charge in [-0.15, -0.1) is 0 Å². The van der Waals surface area contributed by atoms with Crippen LogP contribution in [0.1, 0.15) is 32.1 Å². The number of hydrogen-bond donors (Lipinski definition) is 0. The second-order valence-electron chi connectivity index (χ2n) is 6.69. The van der Waals surface area contributed by atoms with Gasteiger partial charge in [-0.25, -0.2) is 8.78 Å². The molecular formula is C14H18F2O. The Labute approximate surface area is 100.0 Å². The van der Waals surface area contributed by atoms with Gasteiger partial charge in [0.15, 0.2) is 0 Å². The van der Waals surface area contributed by atoms with Crippen molar-refractivity contribution in [1.82, 2.24) is 0 Å². The Balaban J connectivity index is 1.61. The number of alkyl halides is 2. The van der Waals surface area contributed by atoms with Gasteiger partial charge in [-0.05, 0) is 67.6 Å². The van der Waals surface area contributed by atoms with Crippen molar-refractivity contribution in [3.8, 4) is 0 Å².